The number of esters is 3. The first-order valence-electron chi connectivity index (χ1n) is 16.8. The lowest BCUT2D eigenvalue weighted by Crippen LogP contribution is -2.63. The standard InChI is InChI=1S/C33H57N3O7/c1-20(5-4-16-37)23-6-7-24-31-25(19-27(33(23,24)3)43-30(40)11-15-36)32(2)12-8-22(41-28(38)9-13-34)17-21(32)18-26(31)42-29(39)10-14-35/h20-27,31,37H,4-19,34-36H2,1-3H3/t20-,21?,22-,23-,24+,25+,26-,27+,31?,32+,33?/m1/s1. The molecule has 0 radical (unpaired) electrons. The van der Waals surface area contributed by atoms with Crippen LogP contribution in [0.3, 0.4) is 0 Å². The number of aliphatic hydroxyl groups is 1. The fourth-order valence-corrected chi connectivity index (χ4v) is 10.1. The molecule has 0 saturated heterocycles. The number of rotatable bonds is 13. The molecule has 0 aromatic carbocycles. The Balaban J connectivity index is 1.71. The lowest BCUT2D eigenvalue weighted by molar-refractivity contribution is -0.225. The van der Waals surface area contributed by atoms with E-state index in [1.54, 1.807) is 0 Å². The zero-order valence-electron chi connectivity index (χ0n) is 26.6. The number of carbonyl (C=O) groups excluding carboxylic acids is 3. The summed E-state index contributed by atoms with van der Waals surface area (Å²) in [6.45, 7) is 7.86. The third kappa shape index (κ3) is 6.92. The summed E-state index contributed by atoms with van der Waals surface area (Å²) in [6.07, 6.45) is 7.38. The molecule has 4 aliphatic rings. The minimum atomic E-state index is -0.281. The Kier molecular flexibility index (Phi) is 11.6. The van der Waals surface area contributed by atoms with Gasteiger partial charge in [0.1, 0.15) is 18.3 Å². The average molecular weight is 608 g/mol. The molecule has 7 N–H and O–H groups in total. The Morgan fingerprint density at radius 3 is 2.09 bits per heavy atom. The van der Waals surface area contributed by atoms with Crippen molar-refractivity contribution >= 4 is 17.9 Å². The van der Waals surface area contributed by atoms with Gasteiger partial charge in [-0.15, -0.1) is 0 Å². The smallest absolute Gasteiger partial charge is 0.307 e. The van der Waals surface area contributed by atoms with E-state index in [4.69, 9.17) is 31.4 Å². The highest BCUT2D eigenvalue weighted by Crippen LogP contribution is 2.69. The second-order valence-electron chi connectivity index (χ2n) is 14.4. The van der Waals surface area contributed by atoms with E-state index in [9.17, 15) is 19.5 Å². The van der Waals surface area contributed by atoms with Gasteiger partial charge in [-0.25, -0.2) is 0 Å². The summed E-state index contributed by atoms with van der Waals surface area (Å²) in [7, 11) is 0. The second kappa shape index (κ2) is 14.6. The van der Waals surface area contributed by atoms with E-state index in [0.717, 1.165) is 51.4 Å². The lowest BCUT2D eigenvalue weighted by Gasteiger charge is -2.64. The molecule has 4 aliphatic carbocycles. The molecule has 0 aromatic heterocycles. The Morgan fingerprint density at radius 2 is 1.47 bits per heavy atom. The Labute approximate surface area is 257 Å². The number of hydrogen-bond donors (Lipinski definition) is 4. The summed E-state index contributed by atoms with van der Waals surface area (Å²) in [5, 5.41) is 9.56. The van der Waals surface area contributed by atoms with Crippen molar-refractivity contribution in [3.05, 3.63) is 0 Å². The minimum absolute atomic E-state index is 0.0708. The summed E-state index contributed by atoms with van der Waals surface area (Å²) in [6, 6.07) is 0. The SMILES string of the molecule is C[C@H](CCCO)[C@H]1CC[C@H]2C3[C@H](OC(=O)CCN)CC4C[C@H](OC(=O)CCN)CC[C@]4(C)[C@H]3C[C@H](OC(=O)CCN)C12C. The quantitative estimate of drug-likeness (QED) is 0.180. The van der Waals surface area contributed by atoms with E-state index in [1.807, 2.05) is 0 Å². The molecule has 4 fully saturated rings. The van der Waals surface area contributed by atoms with Crippen molar-refractivity contribution in [2.45, 2.75) is 116 Å². The van der Waals surface area contributed by atoms with Crippen molar-refractivity contribution < 1.29 is 33.7 Å². The lowest BCUT2D eigenvalue weighted by atomic mass is 9.43. The minimum Gasteiger partial charge on any atom is -0.462 e. The molecule has 0 amide bonds. The molecule has 11 atom stereocenters. The van der Waals surface area contributed by atoms with Gasteiger partial charge in [-0.1, -0.05) is 20.8 Å². The van der Waals surface area contributed by atoms with Crippen molar-refractivity contribution in [3.8, 4) is 0 Å². The molecule has 0 bridgehead atoms. The van der Waals surface area contributed by atoms with Crippen LogP contribution in [0.25, 0.3) is 0 Å². The van der Waals surface area contributed by atoms with Gasteiger partial charge in [0.15, 0.2) is 0 Å². The molecule has 4 saturated carbocycles. The van der Waals surface area contributed by atoms with Crippen LogP contribution < -0.4 is 17.2 Å². The van der Waals surface area contributed by atoms with E-state index in [0.29, 0.717) is 18.3 Å². The number of fused-ring (bicyclic) bond motifs is 5. The van der Waals surface area contributed by atoms with Crippen molar-refractivity contribution in [2.75, 3.05) is 26.2 Å². The molecule has 43 heavy (non-hydrogen) atoms. The summed E-state index contributed by atoms with van der Waals surface area (Å²) in [4.78, 5) is 38.3. The zero-order chi connectivity index (χ0) is 31.4. The van der Waals surface area contributed by atoms with Gasteiger partial charge in [0.25, 0.3) is 0 Å². The molecule has 10 nitrogen and oxygen atoms in total. The van der Waals surface area contributed by atoms with Gasteiger partial charge >= 0.3 is 17.9 Å². The van der Waals surface area contributed by atoms with Crippen molar-refractivity contribution in [3.63, 3.8) is 0 Å². The second-order valence-corrected chi connectivity index (χ2v) is 14.4. The van der Waals surface area contributed by atoms with Gasteiger partial charge < -0.3 is 36.5 Å². The Morgan fingerprint density at radius 1 is 0.837 bits per heavy atom. The van der Waals surface area contributed by atoms with Crippen LogP contribution in [0.1, 0.15) is 97.8 Å². The van der Waals surface area contributed by atoms with Crippen LogP contribution in [-0.2, 0) is 28.6 Å². The third-order valence-corrected chi connectivity index (χ3v) is 12.2. The number of ether oxygens (including phenoxy) is 3. The maximum atomic E-state index is 13.0. The van der Waals surface area contributed by atoms with Crippen LogP contribution in [0.2, 0.25) is 0 Å². The predicted octanol–water partition coefficient (Wildman–Crippen LogP) is 3.06. The molecule has 4 rings (SSSR count). The van der Waals surface area contributed by atoms with E-state index < -0.39 is 0 Å². The van der Waals surface area contributed by atoms with Gasteiger partial charge in [0.2, 0.25) is 0 Å². The molecular weight excluding hydrogens is 550 g/mol. The summed E-state index contributed by atoms with van der Waals surface area (Å²) < 4.78 is 18.5. The zero-order valence-corrected chi connectivity index (χ0v) is 26.6. The fraction of sp³-hybridized carbons (Fsp3) is 0.909. The van der Waals surface area contributed by atoms with Crippen molar-refractivity contribution in [1.82, 2.24) is 0 Å². The maximum absolute atomic E-state index is 13.0. The first-order valence-corrected chi connectivity index (χ1v) is 16.8. The van der Waals surface area contributed by atoms with E-state index in [-0.39, 0.29) is 116 Å². The summed E-state index contributed by atoms with van der Waals surface area (Å²) >= 11 is 0. The predicted molar refractivity (Wildman–Crippen MR) is 162 cm³/mol. The fourth-order valence-electron chi connectivity index (χ4n) is 10.1. The molecule has 0 spiro atoms. The summed E-state index contributed by atoms with van der Waals surface area (Å²) in [5.41, 5.74) is 16.7. The largest absolute Gasteiger partial charge is 0.462 e. The van der Waals surface area contributed by atoms with Crippen LogP contribution >= 0.6 is 0 Å². The van der Waals surface area contributed by atoms with Gasteiger partial charge in [0, 0.05) is 37.6 Å². The van der Waals surface area contributed by atoms with Gasteiger partial charge in [-0.3, -0.25) is 14.4 Å². The van der Waals surface area contributed by atoms with E-state index in [2.05, 4.69) is 20.8 Å². The molecule has 3 unspecified atom stereocenters. The third-order valence-electron chi connectivity index (χ3n) is 12.2. The Hall–Kier alpha value is -1.75. The highest BCUT2D eigenvalue weighted by atomic mass is 16.6. The van der Waals surface area contributed by atoms with Crippen LogP contribution in [0.4, 0.5) is 0 Å². The molecule has 0 heterocycles. The van der Waals surface area contributed by atoms with Crippen LogP contribution in [-0.4, -0.2) is 67.6 Å². The Bertz CT molecular complexity index is 980. The van der Waals surface area contributed by atoms with Crippen LogP contribution in [0.5, 0.6) is 0 Å². The monoisotopic (exact) mass is 607 g/mol. The molecule has 10 heteroatoms. The van der Waals surface area contributed by atoms with Gasteiger partial charge in [0.05, 0.1) is 19.3 Å². The molecule has 0 aromatic rings. The number of aliphatic hydroxyl groups excluding tert-OH is 1. The maximum Gasteiger partial charge on any atom is 0.307 e. The van der Waals surface area contributed by atoms with Gasteiger partial charge in [-0.05, 0) is 92.8 Å². The molecule has 246 valence electrons. The first kappa shape index (κ1) is 34.1. The summed E-state index contributed by atoms with van der Waals surface area (Å²) in [5.74, 6) is 0.646. The van der Waals surface area contributed by atoms with Crippen molar-refractivity contribution in [1.29, 1.82) is 0 Å². The highest BCUT2D eigenvalue weighted by Gasteiger charge is 2.67. The van der Waals surface area contributed by atoms with E-state index in [1.165, 1.54) is 0 Å². The highest BCUT2D eigenvalue weighted by molar-refractivity contribution is 5.70. The van der Waals surface area contributed by atoms with Crippen molar-refractivity contribution in [2.24, 2.45) is 63.5 Å². The number of carbonyl (C=O) groups is 3. The average Bonchev–Trinajstić information content (AvgIpc) is 3.31. The van der Waals surface area contributed by atoms with Crippen LogP contribution in [0.15, 0.2) is 0 Å². The number of nitrogens with two attached hydrogens (primary N) is 3. The molecular formula is C33H57N3O7. The van der Waals surface area contributed by atoms with Crippen LogP contribution in [0, 0.1) is 46.3 Å². The molecule has 0 aliphatic heterocycles. The topological polar surface area (TPSA) is 177 Å². The van der Waals surface area contributed by atoms with Gasteiger partial charge in [-0.2, -0.15) is 0 Å². The number of hydrogen-bond acceptors (Lipinski definition) is 10. The van der Waals surface area contributed by atoms with E-state index >= 15 is 0 Å². The first-order chi connectivity index (χ1) is 20.5. The normalized spacial score (nSPS) is 39.1.